The van der Waals surface area contributed by atoms with E-state index in [-0.39, 0.29) is 30.6 Å². The van der Waals surface area contributed by atoms with Gasteiger partial charge in [-0.3, -0.25) is 14.5 Å². The Bertz CT molecular complexity index is 768. The van der Waals surface area contributed by atoms with Crippen molar-refractivity contribution < 1.29 is 14.0 Å². The van der Waals surface area contributed by atoms with Gasteiger partial charge in [0, 0.05) is 38.2 Å². The van der Waals surface area contributed by atoms with Crippen molar-refractivity contribution in [3.63, 3.8) is 0 Å². The Kier molecular flexibility index (Phi) is 6.42. The summed E-state index contributed by atoms with van der Waals surface area (Å²) >= 11 is 0. The highest BCUT2D eigenvalue weighted by Gasteiger charge is 2.31. The first kappa shape index (κ1) is 18.9. The number of hydrogen-bond donors (Lipinski definition) is 3. The number of nitrogens with one attached hydrogen (secondary N) is 3. The summed E-state index contributed by atoms with van der Waals surface area (Å²) in [4.78, 5) is 26.3. The second-order valence-corrected chi connectivity index (χ2v) is 6.35. The van der Waals surface area contributed by atoms with Crippen molar-refractivity contribution >= 4 is 11.8 Å². The fourth-order valence-corrected chi connectivity index (χ4v) is 3.03. The molecular formula is C17H22FN7O2. The first-order chi connectivity index (χ1) is 13.1. The predicted octanol–water partition coefficient (Wildman–Crippen LogP) is -0.222. The van der Waals surface area contributed by atoms with Crippen LogP contribution in [0.4, 0.5) is 4.39 Å². The maximum absolute atomic E-state index is 13.9. The number of hydrogen-bond acceptors (Lipinski definition) is 6. The van der Waals surface area contributed by atoms with E-state index >= 15 is 0 Å². The van der Waals surface area contributed by atoms with Crippen LogP contribution in [0.5, 0.6) is 0 Å². The summed E-state index contributed by atoms with van der Waals surface area (Å²) in [5.41, 5.74) is 0.512. The summed E-state index contributed by atoms with van der Waals surface area (Å²) in [6.07, 6.45) is 1.30. The number of H-pyrrole nitrogens is 1. The van der Waals surface area contributed by atoms with Crippen LogP contribution in [0.15, 0.2) is 24.3 Å². The van der Waals surface area contributed by atoms with Gasteiger partial charge in [-0.2, -0.15) is 5.21 Å². The Balaban J connectivity index is 1.51. The number of aromatic nitrogens is 4. The smallest absolute Gasteiger partial charge is 0.237 e. The zero-order valence-corrected chi connectivity index (χ0v) is 14.8. The number of carbonyl (C=O) groups is 2. The van der Waals surface area contributed by atoms with Gasteiger partial charge in [0.2, 0.25) is 11.8 Å². The standard InChI is InChI=1S/C17H22FN7O2/c18-13-5-2-1-4-12(13)11-25-9-8-20-17(27)14(25)10-16(26)19-7-3-6-15-21-23-24-22-15/h1-2,4-5,14H,3,6-11H2,(H,19,26)(H,20,27)(H,21,22,23,24). The normalized spacial score (nSPS) is 17.5. The van der Waals surface area contributed by atoms with Gasteiger partial charge in [-0.15, -0.1) is 10.2 Å². The van der Waals surface area contributed by atoms with E-state index in [4.69, 9.17) is 0 Å². The zero-order chi connectivity index (χ0) is 19.1. The van der Waals surface area contributed by atoms with Crippen molar-refractivity contribution in [3.8, 4) is 0 Å². The third kappa shape index (κ3) is 5.30. The number of aryl methyl sites for hydroxylation is 1. The number of aromatic amines is 1. The predicted molar refractivity (Wildman–Crippen MR) is 93.7 cm³/mol. The van der Waals surface area contributed by atoms with Crippen molar-refractivity contribution in [2.24, 2.45) is 0 Å². The molecule has 27 heavy (non-hydrogen) atoms. The molecule has 1 aliphatic heterocycles. The van der Waals surface area contributed by atoms with Crippen LogP contribution in [0.3, 0.4) is 0 Å². The van der Waals surface area contributed by atoms with Gasteiger partial charge < -0.3 is 10.6 Å². The van der Waals surface area contributed by atoms with Crippen molar-refractivity contribution in [2.45, 2.75) is 31.8 Å². The molecule has 1 unspecified atom stereocenters. The van der Waals surface area contributed by atoms with E-state index in [1.807, 2.05) is 4.90 Å². The first-order valence-electron chi connectivity index (χ1n) is 8.87. The lowest BCUT2D eigenvalue weighted by Crippen LogP contribution is -2.56. The molecule has 1 aromatic carbocycles. The lowest BCUT2D eigenvalue weighted by atomic mass is 10.1. The molecule has 9 nitrogen and oxygen atoms in total. The van der Waals surface area contributed by atoms with Crippen molar-refractivity contribution in [1.29, 1.82) is 0 Å². The van der Waals surface area contributed by atoms with Gasteiger partial charge in [0.25, 0.3) is 0 Å². The lowest BCUT2D eigenvalue weighted by molar-refractivity contribution is -0.134. The quantitative estimate of drug-likeness (QED) is 0.550. The monoisotopic (exact) mass is 375 g/mol. The molecule has 10 heteroatoms. The number of carbonyl (C=O) groups excluding carboxylic acids is 2. The van der Waals surface area contributed by atoms with Crippen LogP contribution in [0.1, 0.15) is 24.2 Å². The Labute approximate surface area is 155 Å². The largest absolute Gasteiger partial charge is 0.356 e. The molecule has 2 aromatic rings. The number of halogens is 1. The van der Waals surface area contributed by atoms with Crippen molar-refractivity contribution in [2.75, 3.05) is 19.6 Å². The first-order valence-corrected chi connectivity index (χ1v) is 8.87. The second kappa shape index (κ2) is 9.17. The molecular weight excluding hydrogens is 353 g/mol. The number of tetrazole rings is 1. The van der Waals surface area contributed by atoms with Crippen LogP contribution in [0.25, 0.3) is 0 Å². The Morgan fingerprint density at radius 2 is 2.22 bits per heavy atom. The molecule has 0 saturated carbocycles. The number of nitrogens with zero attached hydrogens (tertiary/aromatic N) is 4. The summed E-state index contributed by atoms with van der Waals surface area (Å²) in [6, 6.07) is 5.85. The summed E-state index contributed by atoms with van der Waals surface area (Å²) in [7, 11) is 0. The highest BCUT2D eigenvalue weighted by Crippen LogP contribution is 2.16. The van der Waals surface area contributed by atoms with E-state index in [1.54, 1.807) is 18.2 Å². The summed E-state index contributed by atoms with van der Waals surface area (Å²) in [5, 5.41) is 19.1. The lowest BCUT2D eigenvalue weighted by Gasteiger charge is -2.34. The van der Waals surface area contributed by atoms with Crippen LogP contribution in [0.2, 0.25) is 0 Å². The molecule has 0 spiro atoms. The third-order valence-corrected chi connectivity index (χ3v) is 4.44. The molecule has 1 aromatic heterocycles. The van der Waals surface area contributed by atoms with E-state index < -0.39 is 6.04 Å². The van der Waals surface area contributed by atoms with Crippen molar-refractivity contribution in [3.05, 3.63) is 41.5 Å². The number of rotatable bonds is 8. The van der Waals surface area contributed by atoms with E-state index in [1.165, 1.54) is 6.07 Å². The van der Waals surface area contributed by atoms with Gasteiger partial charge in [-0.05, 0) is 12.5 Å². The molecule has 0 radical (unpaired) electrons. The Morgan fingerprint density at radius 1 is 1.37 bits per heavy atom. The molecule has 1 aliphatic rings. The van der Waals surface area contributed by atoms with E-state index in [0.717, 1.165) is 0 Å². The molecule has 0 aliphatic carbocycles. The minimum atomic E-state index is -0.615. The summed E-state index contributed by atoms with van der Waals surface area (Å²) < 4.78 is 13.9. The van der Waals surface area contributed by atoms with Gasteiger partial charge >= 0.3 is 0 Å². The van der Waals surface area contributed by atoms with E-state index in [0.29, 0.717) is 43.9 Å². The molecule has 1 fully saturated rings. The zero-order valence-electron chi connectivity index (χ0n) is 14.8. The van der Waals surface area contributed by atoms with Gasteiger partial charge in [0.15, 0.2) is 5.82 Å². The average molecular weight is 375 g/mol. The topological polar surface area (TPSA) is 116 Å². The third-order valence-electron chi connectivity index (χ3n) is 4.44. The molecule has 3 rings (SSSR count). The molecule has 2 heterocycles. The minimum absolute atomic E-state index is 0.0303. The Morgan fingerprint density at radius 3 is 3.00 bits per heavy atom. The summed E-state index contributed by atoms with van der Waals surface area (Å²) in [6.45, 7) is 1.79. The second-order valence-electron chi connectivity index (χ2n) is 6.35. The van der Waals surface area contributed by atoms with Gasteiger partial charge in [0.05, 0.1) is 12.5 Å². The fourth-order valence-electron chi connectivity index (χ4n) is 3.03. The van der Waals surface area contributed by atoms with Crippen LogP contribution in [-0.4, -0.2) is 63.0 Å². The van der Waals surface area contributed by atoms with Gasteiger partial charge in [-0.25, -0.2) is 4.39 Å². The highest BCUT2D eigenvalue weighted by atomic mass is 19.1. The maximum Gasteiger partial charge on any atom is 0.237 e. The molecule has 144 valence electrons. The average Bonchev–Trinajstić information content (AvgIpc) is 3.17. The van der Waals surface area contributed by atoms with E-state index in [2.05, 4.69) is 31.3 Å². The fraction of sp³-hybridized carbons (Fsp3) is 0.471. The minimum Gasteiger partial charge on any atom is -0.356 e. The summed E-state index contributed by atoms with van der Waals surface area (Å²) in [5.74, 6) is -0.150. The molecule has 1 atom stereocenters. The number of benzene rings is 1. The van der Waals surface area contributed by atoms with Crippen LogP contribution in [-0.2, 0) is 22.6 Å². The molecule has 0 bridgehead atoms. The van der Waals surface area contributed by atoms with Gasteiger partial charge in [-0.1, -0.05) is 23.4 Å². The molecule has 1 saturated heterocycles. The highest BCUT2D eigenvalue weighted by molar-refractivity contribution is 5.88. The molecule has 3 N–H and O–H groups in total. The van der Waals surface area contributed by atoms with E-state index in [9.17, 15) is 14.0 Å². The van der Waals surface area contributed by atoms with Crippen LogP contribution in [0, 0.1) is 5.82 Å². The SMILES string of the molecule is O=C(CC1C(=O)NCCN1Cc1ccccc1F)NCCCc1nn[nH]n1. The van der Waals surface area contributed by atoms with Crippen LogP contribution >= 0.6 is 0 Å². The Hall–Kier alpha value is -2.88. The molecule has 2 amide bonds. The maximum atomic E-state index is 13.9. The van der Waals surface area contributed by atoms with Gasteiger partial charge in [0.1, 0.15) is 5.82 Å². The number of piperazine rings is 1. The van der Waals surface area contributed by atoms with Crippen molar-refractivity contribution in [1.82, 2.24) is 36.2 Å². The number of amides is 2. The van der Waals surface area contributed by atoms with Crippen LogP contribution < -0.4 is 10.6 Å².